The van der Waals surface area contributed by atoms with E-state index in [1.807, 2.05) is 67.3 Å². The molecule has 2 aliphatic rings. The van der Waals surface area contributed by atoms with Crippen LogP contribution in [0.4, 0.5) is 8.78 Å². The van der Waals surface area contributed by atoms with E-state index in [1.54, 1.807) is 19.2 Å². The lowest BCUT2D eigenvalue weighted by atomic mass is 9.58. The van der Waals surface area contributed by atoms with Crippen molar-refractivity contribution in [2.75, 3.05) is 20.2 Å². The summed E-state index contributed by atoms with van der Waals surface area (Å²) in [6.45, 7) is 4.59. The van der Waals surface area contributed by atoms with Crippen LogP contribution in [0.15, 0.2) is 78.9 Å². The number of hydrogen-bond donors (Lipinski definition) is 2. The Bertz CT molecular complexity index is 1670. The highest BCUT2D eigenvalue weighted by molar-refractivity contribution is 6.32. The Hall–Kier alpha value is -4.21. The van der Waals surface area contributed by atoms with Crippen molar-refractivity contribution in [1.82, 2.24) is 10.2 Å². The highest BCUT2D eigenvalue weighted by Crippen LogP contribution is 2.52. The fourth-order valence-corrected chi connectivity index (χ4v) is 6.83. The average Bonchev–Trinajstić information content (AvgIpc) is 3.04. The smallest absolute Gasteiger partial charge is 0.320 e. The van der Waals surface area contributed by atoms with Gasteiger partial charge in [0.25, 0.3) is 0 Å². The van der Waals surface area contributed by atoms with Gasteiger partial charge in [0.15, 0.2) is 0 Å². The molecule has 7 nitrogen and oxygen atoms in total. The molecule has 0 aromatic heterocycles. The molecule has 1 heterocycles. The molecule has 0 saturated carbocycles. The van der Waals surface area contributed by atoms with Gasteiger partial charge in [-0.15, -0.1) is 0 Å². The van der Waals surface area contributed by atoms with Crippen LogP contribution in [-0.4, -0.2) is 48.1 Å². The highest BCUT2D eigenvalue weighted by atomic mass is 35.5. The van der Waals surface area contributed by atoms with Gasteiger partial charge in [-0.25, -0.2) is 8.78 Å². The summed E-state index contributed by atoms with van der Waals surface area (Å²) in [6, 6.07) is 15.6. The minimum atomic E-state index is -1.13. The number of nitrogens with one attached hydrogen (secondary N) is 1. The van der Waals surface area contributed by atoms with Crippen molar-refractivity contribution < 1.29 is 33.0 Å². The van der Waals surface area contributed by atoms with Crippen LogP contribution in [0.3, 0.4) is 0 Å². The number of ether oxygens (including phenoxy) is 2. The number of carbonyl (C=O) groups excluding carboxylic acids is 1. The SMILES string of the molecule is CNC(=O)C1(COc2cc(OCc3cc(F)cc(F)c3)c(CN3CCCC[C@H]3C(=O)O)cc2Cl)C=CC=C(c2ccccc2)C1(C)C. The van der Waals surface area contributed by atoms with E-state index in [0.29, 0.717) is 24.3 Å². The topological polar surface area (TPSA) is 88.1 Å². The fourth-order valence-electron chi connectivity index (χ4n) is 6.59. The molecule has 1 fully saturated rings. The van der Waals surface area contributed by atoms with E-state index in [1.165, 1.54) is 12.1 Å². The van der Waals surface area contributed by atoms with Gasteiger partial charge in [0.2, 0.25) is 5.91 Å². The maximum absolute atomic E-state index is 13.9. The predicted molar refractivity (Wildman–Crippen MR) is 177 cm³/mol. The third-order valence-electron chi connectivity index (χ3n) is 9.31. The van der Waals surface area contributed by atoms with Crippen molar-refractivity contribution in [2.24, 2.45) is 10.8 Å². The second-order valence-corrected chi connectivity index (χ2v) is 13.0. The predicted octanol–water partition coefficient (Wildman–Crippen LogP) is 7.43. The first-order chi connectivity index (χ1) is 22.4. The third-order valence-corrected chi connectivity index (χ3v) is 9.60. The molecule has 0 radical (unpaired) electrons. The molecule has 1 unspecified atom stereocenters. The van der Waals surface area contributed by atoms with Gasteiger partial charge in [-0.05, 0) is 54.3 Å². The van der Waals surface area contributed by atoms with Crippen LogP contribution in [0.1, 0.15) is 49.8 Å². The Labute approximate surface area is 278 Å². The molecule has 3 aromatic carbocycles. The normalized spacial score (nSPS) is 20.7. The molecule has 1 saturated heterocycles. The molecule has 1 aliphatic heterocycles. The monoisotopic (exact) mass is 664 g/mol. The van der Waals surface area contributed by atoms with Crippen molar-refractivity contribution in [3.8, 4) is 11.5 Å². The van der Waals surface area contributed by atoms with Crippen molar-refractivity contribution in [3.05, 3.63) is 112 Å². The molecule has 10 heteroatoms. The van der Waals surface area contributed by atoms with Crippen molar-refractivity contribution in [3.63, 3.8) is 0 Å². The third kappa shape index (κ3) is 7.21. The van der Waals surface area contributed by atoms with Crippen molar-refractivity contribution in [2.45, 2.75) is 52.3 Å². The van der Waals surface area contributed by atoms with Crippen molar-refractivity contribution >= 4 is 29.1 Å². The Morgan fingerprint density at radius 2 is 1.74 bits per heavy atom. The van der Waals surface area contributed by atoms with Crippen molar-refractivity contribution in [1.29, 1.82) is 0 Å². The molecule has 2 atom stereocenters. The molecule has 0 bridgehead atoms. The Balaban J connectivity index is 1.48. The first-order valence-corrected chi connectivity index (χ1v) is 16.0. The zero-order valence-corrected chi connectivity index (χ0v) is 27.4. The molecule has 248 valence electrons. The molecule has 3 aromatic rings. The molecular formula is C37H39ClF2N2O5. The quantitative estimate of drug-likeness (QED) is 0.222. The lowest BCUT2D eigenvalue weighted by Gasteiger charge is -2.46. The zero-order valence-electron chi connectivity index (χ0n) is 26.7. The van der Waals surface area contributed by atoms with E-state index < -0.39 is 34.5 Å². The average molecular weight is 665 g/mol. The van der Waals surface area contributed by atoms with E-state index in [0.717, 1.165) is 30.0 Å². The van der Waals surface area contributed by atoms with Crippen LogP contribution in [-0.2, 0) is 22.7 Å². The number of likely N-dealkylation sites (tertiary alicyclic amines) is 1. The maximum atomic E-state index is 13.9. The number of rotatable bonds is 11. The van der Waals surface area contributed by atoms with Gasteiger partial charge in [-0.2, -0.15) is 0 Å². The van der Waals surface area contributed by atoms with E-state index in [-0.39, 0.29) is 42.0 Å². The van der Waals surface area contributed by atoms with E-state index in [4.69, 9.17) is 21.1 Å². The number of nitrogens with zero attached hydrogens (tertiary/aromatic N) is 1. The number of aliphatic carboxylic acids is 1. The molecule has 1 aliphatic carbocycles. The number of halogens is 3. The van der Waals surface area contributed by atoms with Gasteiger partial charge < -0.3 is 19.9 Å². The van der Waals surface area contributed by atoms with Gasteiger partial charge >= 0.3 is 5.97 Å². The number of piperidine rings is 1. The molecule has 1 amide bonds. The summed E-state index contributed by atoms with van der Waals surface area (Å²) in [5, 5.41) is 12.9. The van der Waals surface area contributed by atoms with E-state index in [2.05, 4.69) is 5.32 Å². The van der Waals surface area contributed by atoms with Gasteiger partial charge in [-0.3, -0.25) is 14.5 Å². The number of carboxylic acid groups (broad SMARTS) is 1. The number of amides is 1. The van der Waals surface area contributed by atoms with E-state index in [9.17, 15) is 23.5 Å². The summed E-state index contributed by atoms with van der Waals surface area (Å²) in [4.78, 5) is 27.6. The Morgan fingerprint density at radius 1 is 1.02 bits per heavy atom. The molecule has 2 N–H and O–H groups in total. The molecule has 47 heavy (non-hydrogen) atoms. The number of hydrogen-bond acceptors (Lipinski definition) is 5. The first kappa shape index (κ1) is 34.1. The van der Waals surface area contributed by atoms with Crippen LogP contribution in [0.5, 0.6) is 11.5 Å². The minimum absolute atomic E-state index is 0.0683. The van der Waals surface area contributed by atoms with Gasteiger partial charge in [0.05, 0.1) is 5.02 Å². The number of carboxylic acids is 1. The lowest BCUT2D eigenvalue weighted by Crippen LogP contribution is -2.53. The summed E-state index contributed by atoms with van der Waals surface area (Å²) in [5.41, 5.74) is 0.984. The second kappa shape index (κ2) is 14.3. The van der Waals surface area contributed by atoms with Gasteiger partial charge in [0, 0.05) is 36.7 Å². The van der Waals surface area contributed by atoms with Crippen LogP contribution >= 0.6 is 11.6 Å². The van der Waals surface area contributed by atoms with Crippen LogP contribution < -0.4 is 14.8 Å². The summed E-state index contributed by atoms with van der Waals surface area (Å²) in [7, 11) is 1.59. The molecular weight excluding hydrogens is 626 g/mol. The number of allylic oxidation sites excluding steroid dienone is 3. The molecule has 0 spiro atoms. The van der Waals surface area contributed by atoms with Gasteiger partial charge in [-0.1, -0.05) is 80.4 Å². The second-order valence-electron chi connectivity index (χ2n) is 12.5. The zero-order chi connectivity index (χ0) is 33.8. The number of benzene rings is 3. The summed E-state index contributed by atoms with van der Waals surface area (Å²) in [5.74, 6) is -2.03. The Morgan fingerprint density at radius 3 is 2.43 bits per heavy atom. The maximum Gasteiger partial charge on any atom is 0.320 e. The summed E-state index contributed by atoms with van der Waals surface area (Å²) >= 11 is 6.80. The summed E-state index contributed by atoms with van der Waals surface area (Å²) < 4.78 is 40.4. The highest BCUT2D eigenvalue weighted by Gasteiger charge is 2.53. The Kier molecular flexibility index (Phi) is 10.4. The molecule has 5 rings (SSSR count). The van der Waals surface area contributed by atoms with Crippen LogP contribution in [0.2, 0.25) is 5.02 Å². The first-order valence-electron chi connectivity index (χ1n) is 15.6. The minimum Gasteiger partial charge on any atom is -0.490 e. The summed E-state index contributed by atoms with van der Waals surface area (Å²) in [6.07, 6.45) is 7.90. The van der Waals surface area contributed by atoms with E-state index >= 15 is 0 Å². The van der Waals surface area contributed by atoms with Gasteiger partial charge in [0.1, 0.15) is 47.8 Å². The largest absolute Gasteiger partial charge is 0.490 e. The van der Waals surface area contributed by atoms with Crippen LogP contribution in [0.25, 0.3) is 5.57 Å². The lowest BCUT2D eigenvalue weighted by molar-refractivity contribution is -0.145. The number of carbonyl (C=O) groups is 2. The fraction of sp³-hybridized carbons (Fsp3) is 0.351. The van der Waals surface area contributed by atoms with Crippen LogP contribution in [0, 0.1) is 22.5 Å². The standard InChI is InChI=1S/C37H39ClF2N2O5/c1-36(2)29(25-10-5-4-6-11-25)12-9-14-37(36,35(45)41-3)23-47-33-20-32(46-22-24-16-27(39)19-28(40)17-24)26(18-30(33)38)21-42-15-8-7-13-31(42)34(43)44/h4-6,9-12,14,16-20,31H,7-8,13,15,21-23H2,1-3H3,(H,41,45)(H,43,44)/t31-,37?/m0/s1.